The summed E-state index contributed by atoms with van der Waals surface area (Å²) in [6.07, 6.45) is 3.87. The second-order valence-electron chi connectivity index (χ2n) is 4.24. The Balaban J connectivity index is 2.72. The van der Waals surface area contributed by atoms with Crippen molar-refractivity contribution in [1.82, 2.24) is 5.32 Å². The number of hydrogen-bond acceptors (Lipinski definition) is 1. The molecule has 1 nitrogen and oxygen atoms in total. The molecule has 0 fully saturated rings. The van der Waals surface area contributed by atoms with Crippen LogP contribution in [0.3, 0.4) is 0 Å². The van der Waals surface area contributed by atoms with Gasteiger partial charge >= 0.3 is 0 Å². The number of likely N-dealkylation sites (N-methyl/N-ethyl adjacent to an activating group) is 1. The third-order valence-electron chi connectivity index (χ3n) is 3.16. The molecule has 2 atom stereocenters. The fourth-order valence-electron chi connectivity index (χ4n) is 2.03. The third kappa shape index (κ3) is 3.67. The molecule has 0 aromatic heterocycles. The van der Waals surface area contributed by atoms with Crippen LogP contribution in [-0.4, -0.2) is 13.1 Å². The van der Waals surface area contributed by atoms with E-state index in [0.29, 0.717) is 12.0 Å². The van der Waals surface area contributed by atoms with Crippen molar-refractivity contribution in [2.45, 2.75) is 45.1 Å². The van der Waals surface area contributed by atoms with Gasteiger partial charge in [0, 0.05) is 6.04 Å². The molecule has 0 amide bonds. The van der Waals surface area contributed by atoms with E-state index in [1.165, 1.54) is 24.8 Å². The lowest BCUT2D eigenvalue weighted by Crippen LogP contribution is -2.28. The summed E-state index contributed by atoms with van der Waals surface area (Å²) in [5.74, 6) is 0.649. The molecule has 0 spiro atoms. The van der Waals surface area contributed by atoms with Gasteiger partial charge in [0.2, 0.25) is 0 Å². The summed E-state index contributed by atoms with van der Waals surface area (Å²) < 4.78 is 0. The van der Waals surface area contributed by atoms with Gasteiger partial charge in [-0.25, -0.2) is 0 Å². The lowest BCUT2D eigenvalue weighted by molar-refractivity contribution is 0.455. The first-order valence-corrected chi connectivity index (χ1v) is 6.01. The molecule has 0 aliphatic rings. The summed E-state index contributed by atoms with van der Waals surface area (Å²) in [5.41, 5.74) is 1.47. The Bertz CT molecular complexity index is 255. The number of benzene rings is 1. The molecule has 0 radical (unpaired) electrons. The number of rotatable bonds is 6. The fraction of sp³-hybridized carbons (Fsp3) is 0.571. The smallest absolute Gasteiger partial charge is 0.0104 e. The average molecular weight is 205 g/mol. The SMILES string of the molecule is CCCCC(c1ccccc1)C(C)NC. The molecule has 15 heavy (non-hydrogen) atoms. The zero-order valence-electron chi connectivity index (χ0n) is 10.2. The van der Waals surface area contributed by atoms with Gasteiger partial charge in [0.1, 0.15) is 0 Å². The van der Waals surface area contributed by atoms with Crippen molar-refractivity contribution >= 4 is 0 Å². The fourth-order valence-corrected chi connectivity index (χ4v) is 2.03. The molecule has 0 bridgehead atoms. The van der Waals surface area contributed by atoms with Crippen LogP contribution >= 0.6 is 0 Å². The molecule has 1 heteroatoms. The van der Waals surface area contributed by atoms with Crippen molar-refractivity contribution in [3.63, 3.8) is 0 Å². The maximum atomic E-state index is 3.37. The zero-order valence-corrected chi connectivity index (χ0v) is 10.2. The maximum Gasteiger partial charge on any atom is 0.0104 e. The van der Waals surface area contributed by atoms with E-state index in [1.807, 2.05) is 7.05 Å². The molecule has 0 saturated heterocycles. The summed E-state index contributed by atoms with van der Waals surface area (Å²) in [6, 6.07) is 11.4. The zero-order chi connectivity index (χ0) is 11.1. The number of unbranched alkanes of at least 4 members (excludes halogenated alkanes) is 1. The second kappa shape index (κ2) is 6.62. The number of nitrogens with one attached hydrogen (secondary N) is 1. The van der Waals surface area contributed by atoms with Crippen LogP contribution in [0.1, 0.15) is 44.6 Å². The van der Waals surface area contributed by atoms with Crippen LogP contribution in [0.5, 0.6) is 0 Å². The van der Waals surface area contributed by atoms with Gasteiger partial charge in [0.25, 0.3) is 0 Å². The predicted octanol–water partition coefficient (Wildman–Crippen LogP) is 3.57. The summed E-state index contributed by atoms with van der Waals surface area (Å²) >= 11 is 0. The van der Waals surface area contributed by atoms with Crippen molar-refractivity contribution < 1.29 is 0 Å². The lowest BCUT2D eigenvalue weighted by Gasteiger charge is -2.24. The standard InChI is InChI=1S/C14H23N/c1-4-5-11-14(12(2)15-3)13-9-7-6-8-10-13/h6-10,12,14-15H,4-5,11H2,1-3H3. The average Bonchev–Trinajstić information content (AvgIpc) is 2.30. The van der Waals surface area contributed by atoms with E-state index < -0.39 is 0 Å². The Morgan fingerprint density at radius 2 is 1.87 bits per heavy atom. The van der Waals surface area contributed by atoms with E-state index in [-0.39, 0.29) is 0 Å². The third-order valence-corrected chi connectivity index (χ3v) is 3.16. The highest BCUT2D eigenvalue weighted by Crippen LogP contribution is 2.25. The van der Waals surface area contributed by atoms with Crippen molar-refractivity contribution in [2.24, 2.45) is 0 Å². The van der Waals surface area contributed by atoms with E-state index in [0.717, 1.165) is 0 Å². The normalized spacial score (nSPS) is 14.9. The summed E-state index contributed by atoms with van der Waals surface area (Å²) in [5, 5.41) is 3.37. The first-order valence-electron chi connectivity index (χ1n) is 6.01. The van der Waals surface area contributed by atoms with Gasteiger partial charge in [-0.2, -0.15) is 0 Å². The highest BCUT2D eigenvalue weighted by Gasteiger charge is 2.16. The van der Waals surface area contributed by atoms with E-state index >= 15 is 0 Å². The van der Waals surface area contributed by atoms with Crippen LogP contribution in [0, 0.1) is 0 Å². The summed E-state index contributed by atoms with van der Waals surface area (Å²) in [7, 11) is 2.05. The molecule has 2 unspecified atom stereocenters. The van der Waals surface area contributed by atoms with Crippen LogP contribution in [0.2, 0.25) is 0 Å². The minimum Gasteiger partial charge on any atom is -0.317 e. The van der Waals surface area contributed by atoms with Gasteiger partial charge in [-0.3, -0.25) is 0 Å². The van der Waals surface area contributed by atoms with E-state index in [2.05, 4.69) is 49.5 Å². The molecular formula is C14H23N. The van der Waals surface area contributed by atoms with Crippen LogP contribution in [0.15, 0.2) is 30.3 Å². The van der Waals surface area contributed by atoms with Crippen molar-refractivity contribution in [2.75, 3.05) is 7.05 Å². The molecule has 0 saturated carbocycles. The Kier molecular flexibility index (Phi) is 5.41. The van der Waals surface area contributed by atoms with Gasteiger partial charge in [0.05, 0.1) is 0 Å². The molecule has 0 aliphatic carbocycles. The molecule has 1 aromatic rings. The first-order chi connectivity index (χ1) is 7.29. The quantitative estimate of drug-likeness (QED) is 0.748. The van der Waals surface area contributed by atoms with E-state index in [9.17, 15) is 0 Å². The van der Waals surface area contributed by atoms with Crippen molar-refractivity contribution in [3.05, 3.63) is 35.9 Å². The predicted molar refractivity (Wildman–Crippen MR) is 67.2 cm³/mol. The topological polar surface area (TPSA) is 12.0 Å². The Morgan fingerprint density at radius 3 is 2.40 bits per heavy atom. The minimum atomic E-state index is 0.555. The second-order valence-corrected chi connectivity index (χ2v) is 4.24. The van der Waals surface area contributed by atoms with Gasteiger partial charge in [-0.05, 0) is 31.9 Å². The number of hydrogen-bond donors (Lipinski definition) is 1. The van der Waals surface area contributed by atoms with Gasteiger partial charge in [-0.1, -0.05) is 50.1 Å². The van der Waals surface area contributed by atoms with E-state index in [4.69, 9.17) is 0 Å². The highest BCUT2D eigenvalue weighted by atomic mass is 14.9. The van der Waals surface area contributed by atoms with Crippen LogP contribution in [0.4, 0.5) is 0 Å². The van der Waals surface area contributed by atoms with Crippen LogP contribution < -0.4 is 5.32 Å². The van der Waals surface area contributed by atoms with Crippen molar-refractivity contribution in [3.8, 4) is 0 Å². The monoisotopic (exact) mass is 205 g/mol. The minimum absolute atomic E-state index is 0.555. The van der Waals surface area contributed by atoms with Gasteiger partial charge in [-0.15, -0.1) is 0 Å². The molecule has 1 rings (SSSR count). The van der Waals surface area contributed by atoms with Gasteiger partial charge in [0.15, 0.2) is 0 Å². The largest absolute Gasteiger partial charge is 0.317 e. The Morgan fingerprint density at radius 1 is 1.20 bits per heavy atom. The van der Waals surface area contributed by atoms with Crippen molar-refractivity contribution in [1.29, 1.82) is 0 Å². The molecule has 0 aliphatic heterocycles. The maximum absolute atomic E-state index is 3.37. The molecular weight excluding hydrogens is 182 g/mol. The summed E-state index contributed by atoms with van der Waals surface area (Å²) in [4.78, 5) is 0. The molecule has 1 N–H and O–H groups in total. The lowest BCUT2D eigenvalue weighted by atomic mass is 9.88. The van der Waals surface area contributed by atoms with Crippen LogP contribution in [-0.2, 0) is 0 Å². The molecule has 0 heterocycles. The molecule has 1 aromatic carbocycles. The molecule has 84 valence electrons. The Hall–Kier alpha value is -0.820. The summed E-state index contributed by atoms with van der Waals surface area (Å²) in [6.45, 7) is 4.53. The highest BCUT2D eigenvalue weighted by molar-refractivity contribution is 5.20. The van der Waals surface area contributed by atoms with Crippen LogP contribution in [0.25, 0.3) is 0 Å². The van der Waals surface area contributed by atoms with Gasteiger partial charge < -0.3 is 5.32 Å². The Labute approximate surface area is 93.9 Å². The van der Waals surface area contributed by atoms with E-state index in [1.54, 1.807) is 0 Å². The first kappa shape index (κ1) is 12.3.